The van der Waals surface area contributed by atoms with Gasteiger partial charge in [-0.2, -0.15) is 0 Å². The van der Waals surface area contributed by atoms with Crippen molar-refractivity contribution in [2.75, 3.05) is 25.5 Å². The summed E-state index contributed by atoms with van der Waals surface area (Å²) in [5.41, 5.74) is 0. The summed E-state index contributed by atoms with van der Waals surface area (Å²) in [5.74, 6) is 0.656. The summed E-state index contributed by atoms with van der Waals surface area (Å²) in [6.07, 6.45) is 3.64. The molecule has 14 heavy (non-hydrogen) atoms. The lowest BCUT2D eigenvalue weighted by Gasteiger charge is -2.17. The Hall–Kier alpha value is -1.20. The van der Waals surface area contributed by atoms with Gasteiger partial charge in [0.2, 0.25) is 5.95 Å². The maximum absolute atomic E-state index is 5.32. The highest BCUT2D eigenvalue weighted by Crippen LogP contribution is 2.08. The van der Waals surface area contributed by atoms with Gasteiger partial charge in [-0.3, -0.25) is 0 Å². The molecule has 1 fully saturated rings. The van der Waals surface area contributed by atoms with E-state index in [-0.39, 0.29) is 12.1 Å². The molecule has 5 heteroatoms. The highest BCUT2D eigenvalue weighted by atomic mass is 16.5. The summed E-state index contributed by atoms with van der Waals surface area (Å²) in [7, 11) is 1.72. The summed E-state index contributed by atoms with van der Waals surface area (Å²) in [5, 5.41) is 6.48. The fraction of sp³-hybridized carbons (Fsp3) is 0.556. The Morgan fingerprint density at radius 1 is 1.43 bits per heavy atom. The summed E-state index contributed by atoms with van der Waals surface area (Å²) in [6, 6.07) is 2.05. The third-order valence-electron chi connectivity index (χ3n) is 2.34. The third kappa shape index (κ3) is 2.00. The second-order valence-electron chi connectivity index (χ2n) is 3.26. The normalized spacial score (nSPS) is 26.4. The van der Waals surface area contributed by atoms with E-state index in [4.69, 9.17) is 4.74 Å². The van der Waals surface area contributed by atoms with Gasteiger partial charge >= 0.3 is 0 Å². The number of hydrogen-bond donors (Lipinski definition) is 2. The first kappa shape index (κ1) is 9.36. The summed E-state index contributed by atoms with van der Waals surface area (Å²) < 4.78 is 5.32. The van der Waals surface area contributed by atoms with Crippen LogP contribution in [0, 0.1) is 0 Å². The minimum Gasteiger partial charge on any atom is -0.378 e. The first-order valence-corrected chi connectivity index (χ1v) is 4.67. The van der Waals surface area contributed by atoms with Crippen LogP contribution in [0.1, 0.15) is 0 Å². The molecule has 0 aromatic carbocycles. The zero-order valence-corrected chi connectivity index (χ0v) is 8.10. The van der Waals surface area contributed by atoms with Crippen LogP contribution in [0.3, 0.4) is 0 Å². The van der Waals surface area contributed by atoms with E-state index in [1.165, 1.54) is 0 Å². The Morgan fingerprint density at radius 2 is 2.21 bits per heavy atom. The van der Waals surface area contributed by atoms with E-state index in [2.05, 4.69) is 20.6 Å². The maximum atomic E-state index is 5.32. The van der Waals surface area contributed by atoms with Gasteiger partial charge in [0.15, 0.2) is 0 Å². The van der Waals surface area contributed by atoms with Crippen molar-refractivity contribution in [1.29, 1.82) is 0 Å². The van der Waals surface area contributed by atoms with Crippen molar-refractivity contribution in [1.82, 2.24) is 15.3 Å². The molecule has 1 aliphatic rings. The molecule has 1 aliphatic heterocycles. The van der Waals surface area contributed by atoms with Crippen LogP contribution in [0.15, 0.2) is 18.5 Å². The van der Waals surface area contributed by atoms with Crippen LogP contribution in [0.4, 0.5) is 5.95 Å². The van der Waals surface area contributed by atoms with Gasteiger partial charge < -0.3 is 15.4 Å². The van der Waals surface area contributed by atoms with Gasteiger partial charge in [-0.25, -0.2) is 9.97 Å². The standard InChI is InChI=1S/C9H14N4O/c1-14-8-6-10-5-7(8)13-9-11-3-2-4-12-9/h2-4,7-8,10H,5-6H2,1H3,(H,11,12,13). The molecule has 0 aliphatic carbocycles. The van der Waals surface area contributed by atoms with E-state index in [1.807, 2.05) is 0 Å². The number of methoxy groups -OCH3 is 1. The van der Waals surface area contributed by atoms with Crippen molar-refractivity contribution >= 4 is 5.95 Å². The SMILES string of the molecule is COC1CNCC1Nc1ncccn1. The highest BCUT2D eigenvalue weighted by molar-refractivity contribution is 5.26. The zero-order valence-electron chi connectivity index (χ0n) is 8.10. The number of aromatic nitrogens is 2. The van der Waals surface area contributed by atoms with Crippen molar-refractivity contribution in [2.45, 2.75) is 12.1 Å². The predicted octanol–water partition coefficient (Wildman–Crippen LogP) is -0.125. The molecular weight excluding hydrogens is 180 g/mol. The van der Waals surface area contributed by atoms with Crippen molar-refractivity contribution in [3.8, 4) is 0 Å². The number of ether oxygens (including phenoxy) is 1. The van der Waals surface area contributed by atoms with Gasteiger partial charge in [-0.05, 0) is 6.07 Å². The molecule has 0 spiro atoms. The van der Waals surface area contributed by atoms with Gasteiger partial charge in [0.25, 0.3) is 0 Å². The van der Waals surface area contributed by atoms with Crippen LogP contribution < -0.4 is 10.6 Å². The molecule has 76 valence electrons. The molecule has 2 heterocycles. The lowest BCUT2D eigenvalue weighted by atomic mass is 10.2. The lowest BCUT2D eigenvalue weighted by Crippen LogP contribution is -2.34. The van der Waals surface area contributed by atoms with Gasteiger partial charge in [-0.1, -0.05) is 0 Å². The number of anilines is 1. The minimum absolute atomic E-state index is 0.193. The Kier molecular flexibility index (Phi) is 2.90. The zero-order chi connectivity index (χ0) is 9.80. The average molecular weight is 194 g/mol. The monoisotopic (exact) mass is 194 g/mol. The van der Waals surface area contributed by atoms with E-state index < -0.39 is 0 Å². The molecule has 2 rings (SSSR count). The second kappa shape index (κ2) is 4.34. The number of hydrogen-bond acceptors (Lipinski definition) is 5. The molecule has 2 unspecified atom stereocenters. The fourth-order valence-electron chi connectivity index (χ4n) is 1.59. The van der Waals surface area contributed by atoms with E-state index >= 15 is 0 Å². The topological polar surface area (TPSA) is 59.1 Å². The lowest BCUT2D eigenvalue weighted by molar-refractivity contribution is 0.111. The number of nitrogens with zero attached hydrogens (tertiary/aromatic N) is 2. The summed E-state index contributed by atoms with van der Waals surface area (Å²) in [4.78, 5) is 8.21. The Bertz CT molecular complexity index is 279. The van der Waals surface area contributed by atoms with Crippen molar-refractivity contribution in [2.24, 2.45) is 0 Å². The highest BCUT2D eigenvalue weighted by Gasteiger charge is 2.26. The Labute approximate surface area is 82.9 Å². The second-order valence-corrected chi connectivity index (χ2v) is 3.26. The van der Waals surface area contributed by atoms with Crippen LogP contribution in [-0.4, -0.2) is 42.3 Å². The maximum Gasteiger partial charge on any atom is 0.222 e. The molecule has 2 N–H and O–H groups in total. The quantitative estimate of drug-likeness (QED) is 0.702. The van der Waals surface area contributed by atoms with Crippen LogP contribution in [0.2, 0.25) is 0 Å². The van der Waals surface area contributed by atoms with Crippen molar-refractivity contribution in [3.63, 3.8) is 0 Å². The van der Waals surface area contributed by atoms with E-state index in [0.717, 1.165) is 13.1 Å². The largest absolute Gasteiger partial charge is 0.378 e. The number of nitrogens with one attached hydrogen (secondary N) is 2. The molecule has 0 bridgehead atoms. The molecule has 5 nitrogen and oxygen atoms in total. The number of rotatable bonds is 3. The first-order chi connectivity index (χ1) is 6.90. The van der Waals surface area contributed by atoms with Crippen molar-refractivity contribution in [3.05, 3.63) is 18.5 Å². The molecule has 0 saturated carbocycles. The summed E-state index contributed by atoms with van der Waals surface area (Å²) >= 11 is 0. The third-order valence-corrected chi connectivity index (χ3v) is 2.34. The van der Waals surface area contributed by atoms with Crippen molar-refractivity contribution < 1.29 is 4.74 Å². The molecule has 0 radical (unpaired) electrons. The Balaban J connectivity index is 1.97. The minimum atomic E-state index is 0.193. The first-order valence-electron chi connectivity index (χ1n) is 4.67. The Morgan fingerprint density at radius 3 is 2.93 bits per heavy atom. The fourth-order valence-corrected chi connectivity index (χ4v) is 1.59. The molecule has 1 saturated heterocycles. The summed E-state index contributed by atoms with van der Waals surface area (Å²) in [6.45, 7) is 1.76. The average Bonchev–Trinajstić information content (AvgIpc) is 2.67. The smallest absolute Gasteiger partial charge is 0.222 e. The predicted molar refractivity (Wildman–Crippen MR) is 53.1 cm³/mol. The van der Waals surface area contributed by atoms with Crippen LogP contribution in [0.5, 0.6) is 0 Å². The molecule has 1 aromatic rings. The van der Waals surface area contributed by atoms with Gasteiger partial charge in [-0.15, -0.1) is 0 Å². The molecular formula is C9H14N4O. The van der Waals surface area contributed by atoms with Crippen LogP contribution in [-0.2, 0) is 4.74 Å². The van der Waals surface area contributed by atoms with E-state index in [9.17, 15) is 0 Å². The van der Waals surface area contributed by atoms with Gasteiger partial charge in [0.05, 0.1) is 12.1 Å². The van der Waals surface area contributed by atoms with Crippen LogP contribution >= 0.6 is 0 Å². The van der Waals surface area contributed by atoms with Gasteiger partial charge in [0.1, 0.15) is 0 Å². The molecule has 0 amide bonds. The van der Waals surface area contributed by atoms with E-state index in [0.29, 0.717) is 5.95 Å². The van der Waals surface area contributed by atoms with Gasteiger partial charge in [0, 0.05) is 32.6 Å². The molecule has 2 atom stereocenters. The van der Waals surface area contributed by atoms with E-state index in [1.54, 1.807) is 25.6 Å². The van der Waals surface area contributed by atoms with Crippen LogP contribution in [0.25, 0.3) is 0 Å². The molecule has 1 aromatic heterocycles.